The molecule has 0 aromatic carbocycles. The number of nitriles is 1. The maximum Gasteiger partial charge on any atom is 0.410 e. The summed E-state index contributed by atoms with van der Waals surface area (Å²) < 4.78 is 11.3. The predicted molar refractivity (Wildman–Crippen MR) is 112 cm³/mol. The van der Waals surface area contributed by atoms with Crippen molar-refractivity contribution in [2.45, 2.75) is 65.0 Å². The van der Waals surface area contributed by atoms with Gasteiger partial charge in [-0.2, -0.15) is 10.2 Å². The number of ether oxygens (including phenoxy) is 2. The van der Waals surface area contributed by atoms with Gasteiger partial charge in [0.1, 0.15) is 23.2 Å². The van der Waals surface area contributed by atoms with Crippen molar-refractivity contribution < 1.29 is 14.3 Å². The van der Waals surface area contributed by atoms with Crippen LogP contribution in [0.4, 0.5) is 4.79 Å². The van der Waals surface area contributed by atoms with Crippen LogP contribution in [0.25, 0.3) is 0 Å². The Morgan fingerprint density at radius 1 is 1.17 bits per heavy atom. The van der Waals surface area contributed by atoms with Gasteiger partial charge in [0.2, 0.25) is 5.88 Å². The molecule has 0 radical (unpaired) electrons. The fourth-order valence-electron chi connectivity index (χ4n) is 4.15. The Kier molecular flexibility index (Phi) is 7.14. The zero-order valence-corrected chi connectivity index (χ0v) is 18.6. The van der Waals surface area contributed by atoms with E-state index in [9.17, 15) is 4.79 Å². The van der Waals surface area contributed by atoms with Gasteiger partial charge in [-0.25, -0.2) is 9.78 Å². The lowest BCUT2D eigenvalue weighted by molar-refractivity contribution is 0.00650. The van der Waals surface area contributed by atoms with E-state index in [1.807, 2.05) is 31.7 Å². The topological polar surface area (TPSA) is 91.6 Å². The molecule has 2 aliphatic rings. The van der Waals surface area contributed by atoms with Crippen LogP contribution in [-0.4, -0.2) is 70.3 Å². The Morgan fingerprint density at radius 3 is 2.43 bits per heavy atom. The molecule has 0 bridgehead atoms. The van der Waals surface area contributed by atoms with E-state index in [2.05, 4.69) is 14.9 Å². The number of hydrogen-bond donors (Lipinski definition) is 0. The number of aryl methyl sites for hydroxylation is 1. The third-order valence-electron chi connectivity index (χ3n) is 5.69. The third-order valence-corrected chi connectivity index (χ3v) is 5.69. The molecule has 0 unspecified atom stereocenters. The van der Waals surface area contributed by atoms with Gasteiger partial charge in [-0.1, -0.05) is 0 Å². The summed E-state index contributed by atoms with van der Waals surface area (Å²) in [6, 6.07) is 4.22. The largest absolute Gasteiger partial charge is 0.477 e. The first kappa shape index (κ1) is 22.3. The number of carbonyl (C=O) groups is 1. The average molecular weight is 416 g/mol. The van der Waals surface area contributed by atoms with E-state index in [4.69, 9.17) is 14.7 Å². The average Bonchev–Trinajstić information content (AvgIpc) is 2.71. The fraction of sp³-hybridized carbons (Fsp3) is 0.727. The first-order valence-electron chi connectivity index (χ1n) is 10.8. The van der Waals surface area contributed by atoms with Gasteiger partial charge in [0, 0.05) is 38.3 Å². The summed E-state index contributed by atoms with van der Waals surface area (Å²) in [6.07, 6.45) is 4.32. The molecule has 1 amide bonds. The number of aromatic nitrogens is 2. The van der Waals surface area contributed by atoms with Gasteiger partial charge < -0.3 is 14.4 Å². The lowest BCUT2D eigenvalue weighted by Crippen LogP contribution is -2.53. The predicted octanol–water partition coefficient (Wildman–Crippen LogP) is 3.15. The highest BCUT2D eigenvalue weighted by Gasteiger charge is 2.31. The number of piperazine rings is 1. The molecule has 2 heterocycles. The molecule has 0 spiro atoms. The van der Waals surface area contributed by atoms with Gasteiger partial charge in [0.25, 0.3) is 0 Å². The lowest BCUT2D eigenvalue weighted by Gasteiger charge is -2.42. The molecule has 2 fully saturated rings. The van der Waals surface area contributed by atoms with Gasteiger partial charge in [0.05, 0.1) is 6.61 Å². The normalized spacial score (nSPS) is 23.0. The second kappa shape index (κ2) is 9.61. The summed E-state index contributed by atoms with van der Waals surface area (Å²) in [5, 5.41) is 9.02. The van der Waals surface area contributed by atoms with Crippen molar-refractivity contribution in [2.75, 3.05) is 32.8 Å². The highest BCUT2D eigenvalue weighted by molar-refractivity contribution is 5.68. The van der Waals surface area contributed by atoms with Crippen LogP contribution in [0, 0.1) is 24.2 Å². The van der Waals surface area contributed by atoms with Crippen molar-refractivity contribution >= 4 is 6.09 Å². The van der Waals surface area contributed by atoms with E-state index < -0.39 is 5.60 Å². The van der Waals surface area contributed by atoms with Gasteiger partial charge >= 0.3 is 6.09 Å². The molecule has 0 atom stereocenters. The molecule has 1 aromatic heterocycles. The monoisotopic (exact) mass is 415 g/mol. The summed E-state index contributed by atoms with van der Waals surface area (Å²) in [4.78, 5) is 24.9. The van der Waals surface area contributed by atoms with E-state index >= 15 is 0 Å². The van der Waals surface area contributed by atoms with Crippen molar-refractivity contribution in [3.63, 3.8) is 0 Å². The van der Waals surface area contributed by atoms with E-state index in [0.29, 0.717) is 36.0 Å². The Morgan fingerprint density at radius 2 is 1.83 bits per heavy atom. The molecule has 3 rings (SSSR count). The van der Waals surface area contributed by atoms with E-state index in [0.717, 1.165) is 51.9 Å². The van der Waals surface area contributed by atoms with Crippen molar-refractivity contribution in [2.24, 2.45) is 5.92 Å². The SMILES string of the molecule is Cc1nc(C#N)cc(OCC2CCC(N3CCN(C(=O)OC(C)(C)C)CC3)CC2)n1. The zero-order valence-electron chi connectivity index (χ0n) is 18.6. The molecule has 8 nitrogen and oxygen atoms in total. The Bertz CT molecular complexity index is 770. The molecule has 30 heavy (non-hydrogen) atoms. The molecule has 8 heteroatoms. The number of amides is 1. The molecule has 1 aliphatic carbocycles. The highest BCUT2D eigenvalue weighted by atomic mass is 16.6. The molecule has 164 valence electrons. The molecular weight excluding hydrogens is 382 g/mol. The van der Waals surface area contributed by atoms with E-state index in [1.165, 1.54) is 0 Å². The quantitative estimate of drug-likeness (QED) is 0.746. The van der Waals surface area contributed by atoms with Gasteiger partial charge in [-0.05, 0) is 59.3 Å². The van der Waals surface area contributed by atoms with Crippen LogP contribution in [-0.2, 0) is 4.74 Å². The van der Waals surface area contributed by atoms with Crippen LogP contribution in [0.5, 0.6) is 5.88 Å². The van der Waals surface area contributed by atoms with Crippen molar-refractivity contribution in [3.05, 3.63) is 17.6 Å². The number of carbonyl (C=O) groups excluding carboxylic acids is 1. The standard InChI is InChI=1S/C22H33N5O3/c1-16-24-18(14-23)13-20(25-16)29-15-17-5-7-19(8-6-17)26-9-11-27(12-10-26)21(28)30-22(2,3)4/h13,17,19H,5-12,15H2,1-4H3. The first-order valence-corrected chi connectivity index (χ1v) is 10.8. The van der Waals surface area contributed by atoms with Crippen LogP contribution >= 0.6 is 0 Å². The number of nitrogens with zero attached hydrogens (tertiary/aromatic N) is 5. The van der Waals surface area contributed by atoms with Gasteiger partial charge in [0.15, 0.2) is 0 Å². The van der Waals surface area contributed by atoms with Crippen LogP contribution in [0.15, 0.2) is 6.07 Å². The third kappa shape index (κ3) is 6.30. The number of rotatable bonds is 4. The second-order valence-electron chi connectivity index (χ2n) is 9.24. The van der Waals surface area contributed by atoms with Crippen LogP contribution < -0.4 is 4.74 Å². The van der Waals surface area contributed by atoms with Gasteiger partial charge in [-0.3, -0.25) is 4.90 Å². The van der Waals surface area contributed by atoms with Crippen LogP contribution in [0.3, 0.4) is 0 Å². The lowest BCUT2D eigenvalue weighted by atomic mass is 9.85. The summed E-state index contributed by atoms with van der Waals surface area (Å²) in [5.74, 6) is 1.54. The fourth-order valence-corrected chi connectivity index (χ4v) is 4.15. The minimum atomic E-state index is -0.449. The molecule has 1 aliphatic heterocycles. The minimum absolute atomic E-state index is 0.206. The molecule has 1 aromatic rings. The van der Waals surface area contributed by atoms with Crippen molar-refractivity contribution in [3.8, 4) is 11.9 Å². The maximum atomic E-state index is 12.2. The smallest absolute Gasteiger partial charge is 0.410 e. The summed E-state index contributed by atoms with van der Waals surface area (Å²) in [6.45, 7) is 11.4. The summed E-state index contributed by atoms with van der Waals surface area (Å²) in [7, 11) is 0. The Labute approximate surface area is 179 Å². The van der Waals surface area contributed by atoms with Gasteiger partial charge in [-0.15, -0.1) is 0 Å². The summed E-state index contributed by atoms with van der Waals surface area (Å²) >= 11 is 0. The van der Waals surface area contributed by atoms with Crippen LogP contribution in [0.1, 0.15) is 58.0 Å². The van der Waals surface area contributed by atoms with E-state index in [-0.39, 0.29) is 6.09 Å². The molecule has 1 saturated heterocycles. The molecular formula is C22H33N5O3. The first-order chi connectivity index (χ1) is 14.2. The molecule has 0 N–H and O–H groups in total. The highest BCUT2D eigenvalue weighted by Crippen LogP contribution is 2.29. The minimum Gasteiger partial charge on any atom is -0.477 e. The molecule has 1 saturated carbocycles. The van der Waals surface area contributed by atoms with Crippen molar-refractivity contribution in [1.82, 2.24) is 19.8 Å². The second-order valence-corrected chi connectivity index (χ2v) is 9.24. The van der Waals surface area contributed by atoms with Crippen molar-refractivity contribution in [1.29, 1.82) is 5.26 Å². The Balaban J connectivity index is 1.39. The zero-order chi connectivity index (χ0) is 21.7. The maximum absolute atomic E-state index is 12.2. The Hall–Kier alpha value is -2.40. The van der Waals surface area contributed by atoms with E-state index in [1.54, 1.807) is 13.0 Å². The summed E-state index contributed by atoms with van der Waals surface area (Å²) in [5.41, 5.74) is -0.110. The number of hydrogen-bond acceptors (Lipinski definition) is 7. The van der Waals surface area contributed by atoms with Crippen LogP contribution in [0.2, 0.25) is 0 Å².